The van der Waals surface area contributed by atoms with E-state index in [1.807, 2.05) is 0 Å². The number of rotatable bonds is 6. The summed E-state index contributed by atoms with van der Waals surface area (Å²) < 4.78 is 31.9. The number of carbonyl (C=O) groups is 2. The second kappa shape index (κ2) is 8.72. The van der Waals surface area contributed by atoms with Crippen LogP contribution >= 0.6 is 11.3 Å². The van der Waals surface area contributed by atoms with Gasteiger partial charge in [0.1, 0.15) is 21.2 Å². The molecule has 0 aliphatic carbocycles. The number of likely N-dealkylation sites (tertiary alicyclic amines) is 1. The molecule has 2 amide bonds. The van der Waals surface area contributed by atoms with Gasteiger partial charge in [-0.1, -0.05) is 6.42 Å². The van der Waals surface area contributed by atoms with Gasteiger partial charge in [-0.3, -0.25) is 14.5 Å². The summed E-state index contributed by atoms with van der Waals surface area (Å²) in [6.07, 6.45) is 0.777. The maximum absolute atomic E-state index is 13.1. The highest BCUT2D eigenvalue weighted by molar-refractivity contribution is 7.21. The van der Waals surface area contributed by atoms with Crippen molar-refractivity contribution >= 4 is 39.1 Å². The molecular weight excluding hydrogens is 426 g/mol. The fourth-order valence-corrected chi connectivity index (χ4v) is 4.88. The number of hydrogen-bond donors (Lipinski definition) is 2. The van der Waals surface area contributed by atoms with E-state index in [0.717, 1.165) is 37.3 Å². The number of anilines is 1. The number of aryl methyl sites for hydroxylation is 1. The van der Waals surface area contributed by atoms with Crippen LogP contribution in [0.1, 0.15) is 62.9 Å². The van der Waals surface area contributed by atoms with Gasteiger partial charge >= 0.3 is 0 Å². The highest BCUT2D eigenvalue weighted by atomic mass is 32.1. The Balaban J connectivity index is 1.61. The number of primary amides is 1. The second-order valence-corrected chi connectivity index (χ2v) is 8.57. The molecule has 0 radical (unpaired) electrons. The van der Waals surface area contributed by atoms with Gasteiger partial charge in [0, 0.05) is 5.39 Å². The molecule has 0 aromatic carbocycles. The third kappa shape index (κ3) is 4.45. The molecule has 3 aromatic heterocycles. The van der Waals surface area contributed by atoms with Gasteiger partial charge in [0.05, 0.1) is 12.2 Å². The lowest BCUT2D eigenvalue weighted by Crippen LogP contribution is -2.28. The summed E-state index contributed by atoms with van der Waals surface area (Å²) >= 11 is 0.872. The quantitative estimate of drug-likeness (QED) is 0.579. The summed E-state index contributed by atoms with van der Waals surface area (Å²) in [5.41, 5.74) is 5.70. The Hall–Kier alpha value is -2.85. The van der Waals surface area contributed by atoms with Gasteiger partial charge in [-0.25, -0.2) is 13.8 Å². The average molecular weight is 448 g/mol. The topological polar surface area (TPSA) is 101 Å². The molecule has 31 heavy (non-hydrogen) atoms. The standard InChI is InChI=1S/C21H22F2N4O3S/c1-11-9-13(18(22)23)25-21-15(11)16(17(31-21)19(24)28)26-20(29)14-6-5-12(30-14)10-27-7-3-2-4-8-27/h5-6,9,18H,2-4,7-8,10H2,1H3,(H2,24,28)(H,26,29). The molecule has 0 unspecified atom stereocenters. The molecule has 0 saturated carbocycles. The molecular formula is C21H22F2N4O3S. The van der Waals surface area contributed by atoms with Crippen LogP contribution in [0.2, 0.25) is 0 Å². The van der Waals surface area contributed by atoms with E-state index in [1.54, 1.807) is 19.1 Å². The minimum absolute atomic E-state index is 0.0467. The van der Waals surface area contributed by atoms with E-state index in [1.165, 1.54) is 12.5 Å². The van der Waals surface area contributed by atoms with E-state index in [2.05, 4.69) is 15.2 Å². The van der Waals surface area contributed by atoms with E-state index in [4.69, 9.17) is 10.2 Å². The van der Waals surface area contributed by atoms with E-state index in [-0.39, 0.29) is 21.2 Å². The van der Waals surface area contributed by atoms with Crippen LogP contribution in [0.25, 0.3) is 10.2 Å². The predicted molar refractivity (Wildman–Crippen MR) is 114 cm³/mol. The number of thiophene rings is 1. The van der Waals surface area contributed by atoms with Crippen molar-refractivity contribution in [3.8, 4) is 0 Å². The highest BCUT2D eigenvalue weighted by Gasteiger charge is 2.24. The van der Waals surface area contributed by atoms with Gasteiger partial charge in [-0.05, 0) is 56.6 Å². The van der Waals surface area contributed by atoms with Crippen molar-refractivity contribution in [2.45, 2.75) is 39.2 Å². The van der Waals surface area contributed by atoms with Crippen LogP contribution in [-0.4, -0.2) is 34.8 Å². The first-order valence-corrected chi connectivity index (χ1v) is 10.8. The normalized spacial score (nSPS) is 15.0. The smallest absolute Gasteiger partial charge is 0.291 e. The third-order valence-electron chi connectivity index (χ3n) is 5.28. The van der Waals surface area contributed by atoms with Gasteiger partial charge in [0.2, 0.25) is 0 Å². The van der Waals surface area contributed by atoms with Crippen molar-refractivity contribution in [1.29, 1.82) is 0 Å². The van der Waals surface area contributed by atoms with Crippen LogP contribution in [0.4, 0.5) is 14.5 Å². The maximum Gasteiger partial charge on any atom is 0.291 e. The summed E-state index contributed by atoms with van der Waals surface area (Å²) in [5.74, 6) is -0.556. The Labute approximate surface area is 181 Å². The molecule has 0 bridgehead atoms. The lowest BCUT2D eigenvalue weighted by atomic mass is 10.1. The van der Waals surface area contributed by atoms with E-state index in [0.29, 0.717) is 23.3 Å². The number of nitrogens with one attached hydrogen (secondary N) is 1. The number of pyridine rings is 1. The molecule has 1 aliphatic heterocycles. The van der Waals surface area contributed by atoms with Gasteiger partial charge in [-0.15, -0.1) is 11.3 Å². The Kier molecular flexibility index (Phi) is 6.01. The number of halogens is 2. The number of carbonyl (C=O) groups excluding carboxylic acids is 2. The molecule has 7 nitrogen and oxygen atoms in total. The fourth-order valence-electron chi connectivity index (χ4n) is 3.81. The molecule has 0 atom stereocenters. The summed E-state index contributed by atoms with van der Waals surface area (Å²) in [6.45, 7) is 4.24. The van der Waals surface area contributed by atoms with Crippen LogP contribution in [-0.2, 0) is 6.54 Å². The first kappa shape index (κ1) is 21.4. The Bertz CT molecular complexity index is 1140. The van der Waals surface area contributed by atoms with Gasteiger partial charge < -0.3 is 15.5 Å². The number of piperidine rings is 1. The molecule has 10 heteroatoms. The van der Waals surface area contributed by atoms with Crippen molar-refractivity contribution in [3.63, 3.8) is 0 Å². The Morgan fingerprint density at radius 3 is 2.71 bits per heavy atom. The minimum atomic E-state index is -2.75. The van der Waals surface area contributed by atoms with E-state index >= 15 is 0 Å². The van der Waals surface area contributed by atoms with Gasteiger partial charge in [-0.2, -0.15) is 0 Å². The zero-order valence-electron chi connectivity index (χ0n) is 16.9. The Morgan fingerprint density at radius 2 is 2.03 bits per heavy atom. The maximum atomic E-state index is 13.1. The molecule has 3 aromatic rings. The monoisotopic (exact) mass is 448 g/mol. The van der Waals surface area contributed by atoms with Crippen molar-refractivity contribution < 1.29 is 22.8 Å². The molecule has 0 spiro atoms. The first-order valence-electron chi connectivity index (χ1n) is 9.98. The van der Waals surface area contributed by atoms with Gasteiger partial charge in [0.25, 0.3) is 18.2 Å². The second-order valence-electron chi connectivity index (χ2n) is 7.57. The molecule has 4 rings (SSSR count). The van der Waals surface area contributed by atoms with Crippen LogP contribution in [0.3, 0.4) is 0 Å². The molecule has 1 fully saturated rings. The summed E-state index contributed by atoms with van der Waals surface area (Å²) in [5, 5.41) is 3.09. The third-order valence-corrected chi connectivity index (χ3v) is 6.38. The van der Waals surface area contributed by atoms with Gasteiger partial charge in [0.15, 0.2) is 5.76 Å². The van der Waals surface area contributed by atoms with Crippen molar-refractivity contribution in [2.75, 3.05) is 18.4 Å². The van der Waals surface area contributed by atoms with Crippen LogP contribution in [0.5, 0.6) is 0 Å². The summed E-state index contributed by atoms with van der Waals surface area (Å²) in [7, 11) is 0. The summed E-state index contributed by atoms with van der Waals surface area (Å²) in [6, 6.07) is 4.57. The van der Waals surface area contributed by atoms with Crippen molar-refractivity contribution in [1.82, 2.24) is 9.88 Å². The number of fused-ring (bicyclic) bond motifs is 1. The molecule has 1 saturated heterocycles. The molecule has 1 aliphatic rings. The molecule has 3 N–H and O–H groups in total. The number of nitrogens with two attached hydrogens (primary N) is 1. The zero-order valence-corrected chi connectivity index (χ0v) is 17.7. The molecule has 4 heterocycles. The number of alkyl halides is 2. The van der Waals surface area contributed by atoms with E-state index in [9.17, 15) is 18.4 Å². The van der Waals surface area contributed by atoms with Crippen molar-refractivity contribution in [3.05, 3.63) is 45.9 Å². The number of amides is 2. The van der Waals surface area contributed by atoms with Crippen molar-refractivity contribution in [2.24, 2.45) is 5.73 Å². The predicted octanol–water partition coefficient (Wildman–Crippen LogP) is 4.47. The minimum Gasteiger partial charge on any atom is -0.455 e. The zero-order chi connectivity index (χ0) is 22.1. The summed E-state index contributed by atoms with van der Waals surface area (Å²) in [4.78, 5) is 31.2. The Morgan fingerprint density at radius 1 is 1.29 bits per heavy atom. The molecule has 164 valence electrons. The van der Waals surface area contributed by atoms with Crippen LogP contribution in [0.15, 0.2) is 22.6 Å². The SMILES string of the molecule is Cc1cc(C(F)F)nc2sc(C(N)=O)c(NC(=O)c3ccc(CN4CCCCC4)o3)c12. The van der Waals surface area contributed by atoms with E-state index < -0.39 is 23.9 Å². The van der Waals surface area contributed by atoms with Crippen LogP contribution < -0.4 is 11.1 Å². The number of aromatic nitrogens is 1. The largest absolute Gasteiger partial charge is 0.455 e. The number of furan rings is 1. The highest BCUT2D eigenvalue weighted by Crippen LogP contribution is 2.38. The first-order chi connectivity index (χ1) is 14.8. The van der Waals surface area contributed by atoms with Crippen LogP contribution in [0, 0.1) is 6.92 Å². The lowest BCUT2D eigenvalue weighted by molar-refractivity contribution is 0.0992. The number of nitrogens with zero attached hydrogens (tertiary/aromatic N) is 2. The number of hydrogen-bond acceptors (Lipinski definition) is 6. The lowest BCUT2D eigenvalue weighted by Gasteiger charge is -2.25. The fraction of sp³-hybridized carbons (Fsp3) is 0.381. The average Bonchev–Trinajstić information content (AvgIpc) is 3.34.